The molecule has 0 aromatic rings. The molecule has 0 amide bonds. The lowest BCUT2D eigenvalue weighted by Gasteiger charge is -1.57. The summed E-state index contributed by atoms with van der Waals surface area (Å²) in [4.78, 5) is 0. The minimum atomic E-state index is -5.67. The predicted octanol–water partition coefficient (Wildman–Crippen LogP) is 1.42. The van der Waals surface area contributed by atoms with Gasteiger partial charge in [-0.25, -0.2) is 0 Å². The third-order valence-electron chi connectivity index (χ3n) is 0. The van der Waals surface area contributed by atoms with Crippen molar-refractivity contribution in [2.45, 2.75) is 6.92 Å². The third-order valence-corrected chi connectivity index (χ3v) is 0. The van der Waals surface area contributed by atoms with Crippen molar-refractivity contribution < 1.29 is 16.2 Å². The Labute approximate surface area is 52.0 Å². The van der Waals surface area contributed by atoms with Crippen LogP contribution in [0.4, 0.5) is 7.77 Å². The van der Waals surface area contributed by atoms with E-state index in [0.717, 1.165) is 5.88 Å². The standard InChI is InChI=1S/C2H5Cl.F2O2S/c1-2-3;1-5(2,3)4/h2H2,1H3;. The van der Waals surface area contributed by atoms with Gasteiger partial charge in [-0.3, -0.25) is 0 Å². The Morgan fingerprint density at radius 1 is 1.50 bits per heavy atom. The van der Waals surface area contributed by atoms with Crippen molar-refractivity contribution in [3.63, 3.8) is 0 Å². The first-order chi connectivity index (χ1) is 3.41. The average molecular weight is 167 g/mol. The second-order valence-corrected chi connectivity index (χ2v) is 1.94. The van der Waals surface area contributed by atoms with Crippen LogP contribution >= 0.6 is 11.6 Å². The van der Waals surface area contributed by atoms with Gasteiger partial charge in [0.1, 0.15) is 0 Å². The fourth-order valence-electron chi connectivity index (χ4n) is 0. The Morgan fingerprint density at radius 3 is 1.50 bits per heavy atom. The summed E-state index contributed by atoms with van der Waals surface area (Å²) in [5, 5.41) is 0. The number of alkyl halides is 1. The van der Waals surface area contributed by atoms with Crippen molar-refractivity contribution in [1.82, 2.24) is 0 Å². The monoisotopic (exact) mass is 166 g/mol. The van der Waals surface area contributed by atoms with E-state index >= 15 is 0 Å². The Bertz CT molecular complexity index is 112. The normalized spacial score (nSPS) is 9.50. The van der Waals surface area contributed by atoms with Gasteiger partial charge >= 0.3 is 10.6 Å². The van der Waals surface area contributed by atoms with Crippen LogP contribution < -0.4 is 0 Å². The van der Waals surface area contributed by atoms with E-state index in [0.29, 0.717) is 0 Å². The summed E-state index contributed by atoms with van der Waals surface area (Å²) in [6.45, 7) is 1.89. The van der Waals surface area contributed by atoms with Crippen molar-refractivity contribution in [3.05, 3.63) is 0 Å². The molecule has 0 rings (SSSR count). The summed E-state index contributed by atoms with van der Waals surface area (Å²) in [6, 6.07) is 0. The van der Waals surface area contributed by atoms with Crippen molar-refractivity contribution in [1.29, 1.82) is 0 Å². The van der Waals surface area contributed by atoms with Crippen molar-refractivity contribution in [2.75, 3.05) is 5.88 Å². The Hall–Kier alpha value is 0.1000. The van der Waals surface area contributed by atoms with Crippen LogP contribution in [-0.2, 0) is 10.6 Å². The zero-order valence-corrected chi connectivity index (χ0v) is 5.64. The topological polar surface area (TPSA) is 34.1 Å². The molecule has 0 aromatic carbocycles. The van der Waals surface area contributed by atoms with Gasteiger partial charge in [-0.1, -0.05) is 14.7 Å². The van der Waals surface area contributed by atoms with Crippen LogP contribution in [0.2, 0.25) is 0 Å². The van der Waals surface area contributed by atoms with Crippen molar-refractivity contribution in [2.24, 2.45) is 0 Å². The molecule has 0 radical (unpaired) electrons. The maximum Gasteiger partial charge on any atom is 0.476 e. The van der Waals surface area contributed by atoms with Crippen LogP contribution in [0.3, 0.4) is 0 Å². The van der Waals surface area contributed by atoms with Gasteiger partial charge in [0.2, 0.25) is 0 Å². The minimum Gasteiger partial charge on any atom is -0.160 e. The first-order valence-corrected chi connectivity index (χ1v) is 3.43. The second-order valence-electron chi connectivity index (χ2n) is 0.646. The van der Waals surface area contributed by atoms with E-state index in [2.05, 4.69) is 0 Å². The summed E-state index contributed by atoms with van der Waals surface area (Å²) < 4.78 is 36.6. The Morgan fingerprint density at radius 2 is 1.50 bits per heavy atom. The smallest absolute Gasteiger partial charge is 0.160 e. The van der Waals surface area contributed by atoms with Gasteiger partial charge in [0.25, 0.3) is 0 Å². The van der Waals surface area contributed by atoms with E-state index in [1.165, 1.54) is 0 Å². The summed E-state index contributed by atoms with van der Waals surface area (Å²) in [6.07, 6.45) is 0. The fourth-order valence-corrected chi connectivity index (χ4v) is 0. The SMILES string of the molecule is CCCl.O=S(=O)(F)F. The van der Waals surface area contributed by atoms with E-state index in [1.807, 2.05) is 6.92 Å². The van der Waals surface area contributed by atoms with Crippen LogP contribution in [0.5, 0.6) is 0 Å². The van der Waals surface area contributed by atoms with Crippen LogP contribution in [0.1, 0.15) is 6.92 Å². The van der Waals surface area contributed by atoms with Gasteiger partial charge in [-0.15, -0.1) is 11.6 Å². The largest absolute Gasteiger partial charge is 0.476 e. The van der Waals surface area contributed by atoms with Gasteiger partial charge in [0.15, 0.2) is 0 Å². The van der Waals surface area contributed by atoms with Crippen LogP contribution in [0, 0.1) is 0 Å². The zero-order chi connectivity index (χ0) is 7.21. The quantitative estimate of drug-likeness (QED) is 0.403. The van der Waals surface area contributed by atoms with Crippen LogP contribution in [0.15, 0.2) is 0 Å². The number of halogens is 3. The molecular formula is C2H5ClF2O2S. The average Bonchev–Trinajstić information content (AvgIpc) is 1.27. The Kier molecular flexibility index (Phi) is 7.19. The molecule has 52 valence electrons. The van der Waals surface area contributed by atoms with Crippen molar-refractivity contribution in [3.8, 4) is 0 Å². The summed E-state index contributed by atoms with van der Waals surface area (Å²) in [5.74, 6) is 0.722. The molecular weight excluding hydrogens is 162 g/mol. The molecule has 0 fully saturated rings. The molecule has 0 spiro atoms. The van der Waals surface area contributed by atoms with Gasteiger partial charge in [-0.05, 0) is 0 Å². The van der Waals surface area contributed by atoms with Crippen molar-refractivity contribution >= 4 is 22.2 Å². The lowest BCUT2D eigenvalue weighted by Crippen LogP contribution is -1.69. The van der Waals surface area contributed by atoms with Crippen LogP contribution in [0.25, 0.3) is 0 Å². The maximum atomic E-state index is 9.99. The molecule has 0 bridgehead atoms. The highest BCUT2D eigenvalue weighted by atomic mass is 35.5. The number of rotatable bonds is 0. The lowest BCUT2D eigenvalue weighted by molar-refractivity contribution is 0.501. The molecule has 0 aliphatic rings. The number of hydrogen-bond donors (Lipinski definition) is 0. The van der Waals surface area contributed by atoms with E-state index < -0.39 is 10.6 Å². The maximum absolute atomic E-state index is 9.99. The van der Waals surface area contributed by atoms with Gasteiger partial charge in [0.05, 0.1) is 0 Å². The number of hydrogen-bond acceptors (Lipinski definition) is 2. The first-order valence-electron chi connectivity index (χ1n) is 1.62. The summed E-state index contributed by atoms with van der Waals surface area (Å²) in [5.41, 5.74) is 0. The summed E-state index contributed by atoms with van der Waals surface area (Å²) >= 11 is 5.00. The van der Waals surface area contributed by atoms with Gasteiger partial charge in [0, 0.05) is 5.88 Å². The van der Waals surface area contributed by atoms with Gasteiger partial charge in [-0.2, -0.15) is 8.42 Å². The van der Waals surface area contributed by atoms with Crippen LogP contribution in [-0.4, -0.2) is 14.3 Å². The van der Waals surface area contributed by atoms with E-state index in [-0.39, 0.29) is 0 Å². The molecule has 0 N–H and O–H groups in total. The highest BCUT2D eigenvalue weighted by molar-refractivity contribution is 7.81. The highest BCUT2D eigenvalue weighted by Crippen LogP contribution is 1.85. The molecule has 0 saturated carbocycles. The molecule has 0 heterocycles. The first kappa shape index (κ1) is 11.0. The predicted molar refractivity (Wildman–Crippen MR) is 27.5 cm³/mol. The molecule has 6 heteroatoms. The highest BCUT2D eigenvalue weighted by Gasteiger charge is 1.94. The lowest BCUT2D eigenvalue weighted by atomic mass is 11.0. The molecule has 0 aromatic heterocycles. The van der Waals surface area contributed by atoms with Gasteiger partial charge < -0.3 is 0 Å². The molecule has 8 heavy (non-hydrogen) atoms. The molecule has 2 nitrogen and oxygen atoms in total. The Balaban J connectivity index is 0. The fraction of sp³-hybridized carbons (Fsp3) is 1.00. The molecule has 0 atom stereocenters. The molecule has 0 saturated heterocycles. The molecule has 0 unspecified atom stereocenters. The zero-order valence-electron chi connectivity index (χ0n) is 4.07. The third kappa shape index (κ3) is 15900. The molecule has 0 aliphatic carbocycles. The van der Waals surface area contributed by atoms with E-state index in [9.17, 15) is 7.77 Å². The summed E-state index contributed by atoms with van der Waals surface area (Å²) in [7, 11) is -5.67. The van der Waals surface area contributed by atoms with E-state index in [1.54, 1.807) is 0 Å². The van der Waals surface area contributed by atoms with E-state index in [4.69, 9.17) is 20.0 Å². The second kappa shape index (κ2) is 5.24. The molecule has 0 aliphatic heterocycles. The minimum absolute atomic E-state index is 0.722.